The van der Waals surface area contributed by atoms with Gasteiger partial charge in [0.1, 0.15) is 6.10 Å². The Hall–Kier alpha value is -1.33. The summed E-state index contributed by atoms with van der Waals surface area (Å²) in [4.78, 5) is 12.4. The topological polar surface area (TPSA) is 101 Å². The summed E-state index contributed by atoms with van der Waals surface area (Å²) in [7, 11) is -3.35. The number of rotatable bonds is 31. The molecule has 2 aromatic heterocycles. The van der Waals surface area contributed by atoms with Gasteiger partial charge in [-0.1, -0.05) is 103 Å². The molecule has 2 aromatic rings. The maximum absolute atomic E-state index is 12.8. The fourth-order valence-corrected chi connectivity index (χ4v) is 7.25. The zero-order valence-electron chi connectivity index (χ0n) is 27.7. The van der Waals surface area contributed by atoms with E-state index in [4.69, 9.17) is 14.2 Å². The van der Waals surface area contributed by atoms with Crippen LogP contribution < -0.4 is 4.74 Å². The van der Waals surface area contributed by atoms with Crippen LogP contribution in [0.1, 0.15) is 128 Å². The molecule has 2 rings (SSSR count). The number of aryl methyl sites for hydroxylation is 1. The predicted octanol–water partition coefficient (Wildman–Crippen LogP) is 8.83. The van der Waals surface area contributed by atoms with Gasteiger partial charge in [-0.3, -0.25) is 0 Å². The summed E-state index contributed by atoms with van der Waals surface area (Å²) in [6.07, 6.45) is 27.8. The molecule has 0 spiro atoms. The summed E-state index contributed by atoms with van der Waals surface area (Å²) >= 11 is 1.64. The Morgan fingerprint density at radius 3 is 1.82 bits per heavy atom. The Labute approximate surface area is 284 Å². The SMILES string of the molecule is CCCCCCCCCCCCCCCCCCOCC(CS(=O)(=O)CCCOCCCc1nccs1)Oc1ncccn1.Cl. The summed E-state index contributed by atoms with van der Waals surface area (Å²) in [5.74, 6) is -0.0810. The van der Waals surface area contributed by atoms with Crippen LogP contribution in [0.2, 0.25) is 0 Å². The Bertz CT molecular complexity index is 1000. The summed E-state index contributed by atoms with van der Waals surface area (Å²) < 4.78 is 43.0. The van der Waals surface area contributed by atoms with Gasteiger partial charge in [0.05, 0.1) is 23.1 Å². The van der Waals surface area contributed by atoms with E-state index in [9.17, 15) is 8.42 Å². The van der Waals surface area contributed by atoms with Crippen LogP contribution in [0, 0.1) is 0 Å². The molecule has 11 heteroatoms. The monoisotopic (exact) mass is 689 g/mol. The van der Waals surface area contributed by atoms with Crippen molar-refractivity contribution >= 4 is 33.6 Å². The number of unbranched alkanes of at least 4 members (excludes halogenated alkanes) is 15. The van der Waals surface area contributed by atoms with Gasteiger partial charge in [0.2, 0.25) is 0 Å². The first-order valence-electron chi connectivity index (χ1n) is 17.3. The minimum absolute atomic E-state index is 0. The van der Waals surface area contributed by atoms with Gasteiger partial charge in [-0.2, -0.15) is 0 Å². The molecular formula is C34H60ClN3O5S2. The Kier molecular flexibility index (Phi) is 26.7. The van der Waals surface area contributed by atoms with Crippen molar-refractivity contribution in [2.45, 2.75) is 135 Å². The van der Waals surface area contributed by atoms with Crippen molar-refractivity contribution < 1.29 is 22.6 Å². The van der Waals surface area contributed by atoms with E-state index in [1.807, 2.05) is 5.38 Å². The van der Waals surface area contributed by atoms with Gasteiger partial charge >= 0.3 is 6.01 Å². The van der Waals surface area contributed by atoms with E-state index in [0.29, 0.717) is 26.2 Å². The Balaban J connectivity index is 0.0000101. The molecule has 0 bridgehead atoms. The molecular weight excluding hydrogens is 630 g/mol. The van der Waals surface area contributed by atoms with Gasteiger partial charge in [-0.05, 0) is 25.3 Å². The molecule has 0 amide bonds. The van der Waals surface area contributed by atoms with Crippen molar-refractivity contribution in [1.29, 1.82) is 0 Å². The average molecular weight is 690 g/mol. The van der Waals surface area contributed by atoms with Gasteiger partial charge in [-0.25, -0.2) is 23.4 Å². The zero-order chi connectivity index (χ0) is 31.4. The second kappa shape index (κ2) is 28.9. The minimum atomic E-state index is -3.35. The van der Waals surface area contributed by atoms with Crippen molar-refractivity contribution in [3.63, 3.8) is 0 Å². The highest BCUT2D eigenvalue weighted by Crippen LogP contribution is 2.14. The fraction of sp³-hybridized carbons (Fsp3) is 0.794. The zero-order valence-corrected chi connectivity index (χ0v) is 30.2. The quantitative estimate of drug-likeness (QED) is 0.0724. The lowest BCUT2D eigenvalue weighted by Crippen LogP contribution is -2.33. The van der Waals surface area contributed by atoms with Crippen molar-refractivity contribution in [3.8, 4) is 6.01 Å². The van der Waals surface area contributed by atoms with Gasteiger partial charge in [0, 0.05) is 50.2 Å². The van der Waals surface area contributed by atoms with E-state index in [1.165, 1.54) is 89.9 Å². The molecule has 0 saturated heterocycles. The van der Waals surface area contributed by atoms with Gasteiger partial charge < -0.3 is 14.2 Å². The first-order chi connectivity index (χ1) is 21.6. The maximum atomic E-state index is 12.8. The number of sulfone groups is 1. The van der Waals surface area contributed by atoms with Crippen molar-refractivity contribution in [2.24, 2.45) is 0 Å². The lowest BCUT2D eigenvalue weighted by molar-refractivity contribution is 0.0534. The molecule has 45 heavy (non-hydrogen) atoms. The van der Waals surface area contributed by atoms with Crippen LogP contribution in [0.4, 0.5) is 0 Å². The molecule has 0 aromatic carbocycles. The fourth-order valence-electron chi connectivity index (χ4n) is 5.13. The van der Waals surface area contributed by atoms with Crippen molar-refractivity contribution in [1.82, 2.24) is 15.0 Å². The molecule has 0 aliphatic heterocycles. The number of hydrogen-bond donors (Lipinski definition) is 0. The standard InChI is InChI=1S/C34H59N3O5S2.ClH/c1-2-3-4-5-6-7-8-9-10-11-12-13-14-15-16-17-25-41-30-32(42-34-36-22-19-23-37-34)31-44(38,39)29-20-27-40-26-18-21-33-35-24-28-43-33;/h19,22-24,28,32H,2-18,20-21,25-27,29-31H2,1H3;1H. The van der Waals surface area contributed by atoms with Crippen LogP contribution in [0.3, 0.4) is 0 Å². The third-order valence-corrected chi connectivity index (χ3v) is 10.2. The number of halogens is 1. The number of ether oxygens (including phenoxy) is 3. The largest absolute Gasteiger partial charge is 0.457 e. The second-order valence-electron chi connectivity index (χ2n) is 11.8. The molecule has 1 atom stereocenters. The summed E-state index contributed by atoms with van der Waals surface area (Å²) in [6, 6.07) is 1.87. The average Bonchev–Trinajstić information content (AvgIpc) is 3.54. The molecule has 2 heterocycles. The smallest absolute Gasteiger partial charge is 0.316 e. The number of aromatic nitrogens is 3. The molecule has 0 radical (unpaired) electrons. The predicted molar refractivity (Wildman–Crippen MR) is 189 cm³/mol. The van der Waals surface area contributed by atoms with E-state index in [-0.39, 0.29) is 36.5 Å². The normalized spacial score (nSPS) is 12.2. The number of hydrogen-bond acceptors (Lipinski definition) is 9. The van der Waals surface area contributed by atoms with Crippen LogP contribution in [-0.4, -0.2) is 67.4 Å². The minimum Gasteiger partial charge on any atom is -0.457 e. The summed E-state index contributed by atoms with van der Waals surface area (Å²) in [5.41, 5.74) is 0. The van der Waals surface area contributed by atoms with Crippen molar-refractivity contribution in [3.05, 3.63) is 35.0 Å². The highest BCUT2D eigenvalue weighted by Gasteiger charge is 2.22. The molecule has 0 aliphatic carbocycles. The van der Waals surface area contributed by atoms with Crippen LogP contribution in [0.5, 0.6) is 6.01 Å². The van der Waals surface area contributed by atoms with Gasteiger partial charge in [-0.15, -0.1) is 23.7 Å². The highest BCUT2D eigenvalue weighted by molar-refractivity contribution is 7.91. The van der Waals surface area contributed by atoms with E-state index in [2.05, 4.69) is 21.9 Å². The van der Waals surface area contributed by atoms with E-state index >= 15 is 0 Å². The first kappa shape index (κ1) is 41.7. The number of thiazole rings is 1. The maximum Gasteiger partial charge on any atom is 0.316 e. The Morgan fingerprint density at radius 1 is 0.689 bits per heavy atom. The second-order valence-corrected chi connectivity index (χ2v) is 15.0. The van der Waals surface area contributed by atoms with Gasteiger partial charge in [0.25, 0.3) is 0 Å². The molecule has 0 fully saturated rings. The lowest BCUT2D eigenvalue weighted by atomic mass is 10.0. The molecule has 1 unspecified atom stereocenters. The van der Waals surface area contributed by atoms with E-state index in [0.717, 1.165) is 30.7 Å². The molecule has 0 N–H and O–H groups in total. The lowest BCUT2D eigenvalue weighted by Gasteiger charge is -2.18. The summed E-state index contributed by atoms with van der Waals surface area (Å²) in [5, 5.41) is 3.07. The van der Waals surface area contributed by atoms with E-state index in [1.54, 1.807) is 36.0 Å². The molecule has 260 valence electrons. The third kappa shape index (κ3) is 24.5. The van der Waals surface area contributed by atoms with Crippen LogP contribution in [0.25, 0.3) is 0 Å². The first-order valence-corrected chi connectivity index (χ1v) is 20.0. The third-order valence-electron chi connectivity index (χ3n) is 7.61. The Morgan fingerprint density at radius 2 is 1.24 bits per heavy atom. The molecule has 0 saturated carbocycles. The van der Waals surface area contributed by atoms with Crippen LogP contribution in [0.15, 0.2) is 30.0 Å². The number of nitrogens with zero attached hydrogens (tertiary/aromatic N) is 3. The van der Waals surface area contributed by atoms with Crippen LogP contribution in [-0.2, 0) is 25.7 Å². The van der Waals surface area contributed by atoms with Crippen LogP contribution >= 0.6 is 23.7 Å². The summed E-state index contributed by atoms with van der Waals surface area (Å²) in [6.45, 7) is 4.09. The van der Waals surface area contributed by atoms with Crippen molar-refractivity contribution in [2.75, 3.05) is 37.9 Å². The van der Waals surface area contributed by atoms with Gasteiger partial charge in [0.15, 0.2) is 9.84 Å². The molecule has 8 nitrogen and oxygen atoms in total. The molecule has 0 aliphatic rings. The van der Waals surface area contributed by atoms with E-state index < -0.39 is 15.9 Å². The highest BCUT2D eigenvalue weighted by atomic mass is 35.5.